The van der Waals surface area contributed by atoms with Crippen molar-refractivity contribution in [1.82, 2.24) is 19.2 Å². The third-order valence-corrected chi connectivity index (χ3v) is 5.52. The Hall–Kier alpha value is -2.15. The summed E-state index contributed by atoms with van der Waals surface area (Å²) in [5, 5.41) is 5.45. The second-order valence-corrected chi connectivity index (χ2v) is 7.53. The first-order valence-electron chi connectivity index (χ1n) is 9.06. The van der Waals surface area contributed by atoms with E-state index in [1.165, 1.54) is 5.69 Å². The molecule has 1 aromatic heterocycles. The second-order valence-electron chi connectivity index (χ2n) is 6.73. The number of hydrogen-bond acceptors (Lipinski definition) is 4. The van der Waals surface area contributed by atoms with Crippen molar-refractivity contribution in [1.29, 1.82) is 0 Å². The van der Waals surface area contributed by atoms with Crippen molar-refractivity contribution >= 4 is 29.5 Å². The van der Waals surface area contributed by atoms with E-state index >= 15 is 0 Å². The molecule has 1 aliphatic rings. The summed E-state index contributed by atoms with van der Waals surface area (Å²) in [6.07, 6.45) is 0. The Morgan fingerprint density at radius 1 is 0.963 bits per heavy atom. The number of para-hydroxylation sites is 1. The van der Waals surface area contributed by atoms with Gasteiger partial charge in [-0.3, -0.25) is 9.47 Å². The number of piperazine rings is 1. The van der Waals surface area contributed by atoms with E-state index in [1.54, 1.807) is 0 Å². The summed E-state index contributed by atoms with van der Waals surface area (Å²) in [7, 11) is 0. The molecule has 0 bridgehead atoms. The highest BCUT2D eigenvalue weighted by atomic mass is 35.5. The zero-order valence-electron chi connectivity index (χ0n) is 15.3. The topological polar surface area (TPSA) is 29.2 Å². The first-order valence-corrected chi connectivity index (χ1v) is 9.85. The highest BCUT2D eigenvalue weighted by Crippen LogP contribution is 2.21. The Labute approximate surface area is 169 Å². The standard InChI is InChI=1S/C20H22ClN5S/c1-16-22-25(20(27)26(16)18-7-3-2-4-8-18)15-23-10-12-24(13-11-23)19-9-5-6-17(21)14-19/h2-9,14H,10-13,15H2,1H3. The van der Waals surface area contributed by atoms with Crippen LogP contribution in [0.25, 0.3) is 5.69 Å². The summed E-state index contributed by atoms with van der Waals surface area (Å²) in [6, 6.07) is 18.2. The van der Waals surface area contributed by atoms with Gasteiger partial charge in [0.25, 0.3) is 0 Å². The number of nitrogens with zero attached hydrogens (tertiary/aromatic N) is 5. The fourth-order valence-electron chi connectivity index (χ4n) is 3.49. The molecule has 3 aromatic rings. The molecule has 0 amide bonds. The Bertz CT molecular complexity index is 974. The van der Waals surface area contributed by atoms with Crippen LogP contribution in [0.1, 0.15) is 5.82 Å². The van der Waals surface area contributed by atoms with Gasteiger partial charge < -0.3 is 4.90 Å². The Morgan fingerprint density at radius 3 is 2.37 bits per heavy atom. The van der Waals surface area contributed by atoms with E-state index in [2.05, 4.69) is 33.1 Å². The predicted octanol–water partition coefficient (Wildman–Crippen LogP) is 4.14. The SMILES string of the molecule is Cc1nn(CN2CCN(c3cccc(Cl)c3)CC2)c(=S)n1-c1ccccc1. The van der Waals surface area contributed by atoms with Crippen LogP contribution in [0.4, 0.5) is 5.69 Å². The molecule has 27 heavy (non-hydrogen) atoms. The first-order chi connectivity index (χ1) is 13.1. The lowest BCUT2D eigenvalue weighted by Crippen LogP contribution is -2.47. The highest BCUT2D eigenvalue weighted by molar-refractivity contribution is 7.71. The minimum Gasteiger partial charge on any atom is -0.369 e. The van der Waals surface area contributed by atoms with Crippen LogP contribution in [-0.4, -0.2) is 45.4 Å². The summed E-state index contributed by atoms with van der Waals surface area (Å²) in [4.78, 5) is 4.76. The molecule has 2 aromatic carbocycles. The number of halogens is 1. The van der Waals surface area contributed by atoms with Crippen LogP contribution in [-0.2, 0) is 6.67 Å². The number of hydrogen-bond donors (Lipinski definition) is 0. The van der Waals surface area contributed by atoms with Gasteiger partial charge in [0.15, 0.2) is 0 Å². The first kappa shape index (κ1) is 18.2. The van der Waals surface area contributed by atoms with Gasteiger partial charge in [-0.05, 0) is 49.5 Å². The fourth-order valence-corrected chi connectivity index (χ4v) is 4.01. The lowest BCUT2D eigenvalue weighted by molar-refractivity contribution is 0.194. The van der Waals surface area contributed by atoms with Crippen LogP contribution in [0.5, 0.6) is 0 Å². The van der Waals surface area contributed by atoms with Crippen LogP contribution in [0.2, 0.25) is 5.02 Å². The summed E-state index contributed by atoms with van der Waals surface area (Å²) in [5.74, 6) is 0.906. The largest absolute Gasteiger partial charge is 0.369 e. The smallest absolute Gasteiger partial charge is 0.203 e. The van der Waals surface area contributed by atoms with Gasteiger partial charge in [-0.2, -0.15) is 5.10 Å². The molecule has 0 unspecified atom stereocenters. The lowest BCUT2D eigenvalue weighted by atomic mass is 10.2. The molecular formula is C20H22ClN5S. The maximum absolute atomic E-state index is 6.12. The molecule has 5 nitrogen and oxygen atoms in total. The third kappa shape index (κ3) is 3.93. The van der Waals surface area contributed by atoms with Gasteiger partial charge in [0.1, 0.15) is 5.82 Å². The molecule has 1 fully saturated rings. The van der Waals surface area contributed by atoms with Crippen molar-refractivity contribution in [3.05, 3.63) is 70.2 Å². The Kier molecular flexibility index (Phi) is 5.29. The van der Waals surface area contributed by atoms with Gasteiger partial charge in [-0.1, -0.05) is 35.9 Å². The monoisotopic (exact) mass is 399 g/mol. The van der Waals surface area contributed by atoms with Crippen LogP contribution in [0.3, 0.4) is 0 Å². The minimum atomic E-state index is 0.711. The summed E-state index contributed by atoms with van der Waals surface area (Å²) in [5.41, 5.74) is 2.24. The van der Waals surface area contributed by atoms with E-state index in [9.17, 15) is 0 Å². The Balaban J connectivity index is 1.45. The quantitative estimate of drug-likeness (QED) is 0.616. The fraction of sp³-hybridized carbons (Fsp3) is 0.300. The molecule has 0 N–H and O–H groups in total. The number of benzene rings is 2. The molecule has 2 heterocycles. The zero-order chi connectivity index (χ0) is 18.8. The average Bonchev–Trinajstić information content (AvgIpc) is 2.96. The highest BCUT2D eigenvalue weighted by Gasteiger charge is 2.19. The van der Waals surface area contributed by atoms with Crippen molar-refractivity contribution in [2.24, 2.45) is 0 Å². The molecule has 140 valence electrons. The predicted molar refractivity (Wildman–Crippen MR) is 112 cm³/mol. The third-order valence-electron chi connectivity index (χ3n) is 4.90. The maximum Gasteiger partial charge on any atom is 0.203 e. The minimum absolute atomic E-state index is 0.711. The second kappa shape index (κ2) is 7.84. The molecule has 0 spiro atoms. The van der Waals surface area contributed by atoms with Crippen LogP contribution < -0.4 is 4.90 Å². The molecule has 0 radical (unpaired) electrons. The van der Waals surface area contributed by atoms with E-state index in [0.717, 1.165) is 47.5 Å². The van der Waals surface area contributed by atoms with E-state index in [4.69, 9.17) is 23.8 Å². The summed E-state index contributed by atoms with van der Waals surface area (Å²) >= 11 is 11.8. The van der Waals surface area contributed by atoms with E-state index in [1.807, 2.05) is 52.6 Å². The summed E-state index contributed by atoms with van der Waals surface area (Å²) in [6.45, 7) is 6.56. The van der Waals surface area contributed by atoms with Crippen LogP contribution in [0.15, 0.2) is 54.6 Å². The zero-order valence-corrected chi connectivity index (χ0v) is 16.8. The van der Waals surface area contributed by atoms with Gasteiger partial charge in [0.2, 0.25) is 4.77 Å². The van der Waals surface area contributed by atoms with E-state index in [0.29, 0.717) is 6.67 Å². The average molecular weight is 400 g/mol. The van der Waals surface area contributed by atoms with Crippen molar-refractivity contribution in [3.63, 3.8) is 0 Å². The van der Waals surface area contributed by atoms with Crippen molar-refractivity contribution in [3.8, 4) is 5.69 Å². The number of rotatable bonds is 4. The summed E-state index contributed by atoms with van der Waals surface area (Å²) < 4.78 is 4.68. The Morgan fingerprint density at radius 2 is 1.67 bits per heavy atom. The van der Waals surface area contributed by atoms with Crippen molar-refractivity contribution in [2.45, 2.75) is 13.6 Å². The molecule has 0 saturated carbocycles. The van der Waals surface area contributed by atoms with Crippen LogP contribution >= 0.6 is 23.8 Å². The molecule has 4 rings (SSSR count). The number of aromatic nitrogens is 3. The van der Waals surface area contributed by atoms with Gasteiger partial charge in [0.05, 0.1) is 6.67 Å². The number of anilines is 1. The number of aryl methyl sites for hydroxylation is 1. The van der Waals surface area contributed by atoms with E-state index in [-0.39, 0.29) is 0 Å². The van der Waals surface area contributed by atoms with Gasteiger partial charge >= 0.3 is 0 Å². The van der Waals surface area contributed by atoms with Gasteiger partial charge in [-0.25, -0.2) is 4.68 Å². The normalized spacial score (nSPS) is 15.3. The van der Waals surface area contributed by atoms with Gasteiger partial charge in [0, 0.05) is 42.6 Å². The van der Waals surface area contributed by atoms with Gasteiger partial charge in [-0.15, -0.1) is 0 Å². The van der Waals surface area contributed by atoms with E-state index < -0.39 is 0 Å². The molecule has 1 aliphatic heterocycles. The molecule has 0 aliphatic carbocycles. The molecular weight excluding hydrogens is 378 g/mol. The molecule has 7 heteroatoms. The van der Waals surface area contributed by atoms with Crippen molar-refractivity contribution in [2.75, 3.05) is 31.1 Å². The molecule has 0 atom stereocenters. The van der Waals surface area contributed by atoms with Crippen molar-refractivity contribution < 1.29 is 0 Å². The molecule has 1 saturated heterocycles. The maximum atomic E-state index is 6.12. The lowest BCUT2D eigenvalue weighted by Gasteiger charge is -2.35. The van der Waals surface area contributed by atoms with Crippen LogP contribution in [0, 0.1) is 11.7 Å².